The third-order valence-electron chi connectivity index (χ3n) is 9.30. The Labute approximate surface area is 249 Å². The molecule has 0 aromatic heterocycles. The van der Waals surface area contributed by atoms with E-state index in [4.69, 9.17) is 10.8 Å². The minimum Gasteiger partial charge on any atom is -0.508 e. The van der Waals surface area contributed by atoms with Gasteiger partial charge in [-0.05, 0) is 69.3 Å². The van der Waals surface area contributed by atoms with Gasteiger partial charge in [-0.3, -0.25) is 19.3 Å². The number of carbonyl (C=O) groups excluding carboxylic acids is 3. The van der Waals surface area contributed by atoms with Crippen molar-refractivity contribution in [3.63, 3.8) is 0 Å². The van der Waals surface area contributed by atoms with Gasteiger partial charge in [0.1, 0.15) is 22.8 Å². The number of primary amides is 1. The van der Waals surface area contributed by atoms with Crippen LogP contribution in [0.3, 0.4) is 0 Å². The van der Waals surface area contributed by atoms with Crippen LogP contribution in [0.1, 0.15) is 42.4 Å². The van der Waals surface area contributed by atoms with Crippen LogP contribution in [0.2, 0.25) is 0 Å². The minimum atomic E-state index is -2.68. The molecule has 230 valence electrons. The highest BCUT2D eigenvalue weighted by molar-refractivity contribution is 6.24. The summed E-state index contributed by atoms with van der Waals surface area (Å²) in [5.74, 6) is -6.68. The summed E-state index contributed by atoms with van der Waals surface area (Å²) in [7, 11) is 6.85. The van der Waals surface area contributed by atoms with Gasteiger partial charge in [0.25, 0.3) is 5.91 Å². The molecule has 0 radical (unpaired) electrons. The first-order chi connectivity index (χ1) is 20.3. The smallest absolute Gasteiger partial charge is 0.255 e. The van der Waals surface area contributed by atoms with Crippen molar-refractivity contribution in [2.45, 2.75) is 50.2 Å². The van der Waals surface area contributed by atoms with Gasteiger partial charge in [0.05, 0.1) is 11.6 Å². The Morgan fingerprint density at radius 3 is 2.35 bits per heavy atom. The maximum absolute atomic E-state index is 14.2. The highest BCUT2D eigenvalue weighted by Gasteiger charge is 2.64. The number of nitrogens with two attached hydrogens (primary N) is 1. The van der Waals surface area contributed by atoms with Crippen LogP contribution in [0.5, 0.6) is 5.75 Å². The molecule has 0 saturated heterocycles. The molecule has 1 amide bonds. The molecule has 11 heteroatoms. The number of aryl methyl sites for hydroxylation is 1. The number of amides is 1. The average Bonchev–Trinajstić information content (AvgIpc) is 2.92. The monoisotopic (exact) mass is 593 g/mol. The van der Waals surface area contributed by atoms with Gasteiger partial charge in [-0.1, -0.05) is 18.6 Å². The number of aliphatic hydroxyl groups excluding tert-OH is 3. The van der Waals surface area contributed by atoms with Crippen molar-refractivity contribution >= 4 is 39.7 Å². The van der Waals surface area contributed by atoms with E-state index in [2.05, 4.69) is 0 Å². The molecule has 3 aliphatic carbocycles. The molecule has 0 bridgehead atoms. The zero-order chi connectivity index (χ0) is 31.5. The number of ketones is 2. The topological polar surface area (TPSA) is 185 Å². The number of aromatic hydroxyl groups is 1. The normalized spacial score (nSPS) is 25.2. The summed E-state index contributed by atoms with van der Waals surface area (Å²) < 4.78 is 0. The fourth-order valence-corrected chi connectivity index (χ4v) is 7.42. The Kier molecular flexibility index (Phi) is 7.78. The van der Waals surface area contributed by atoms with Gasteiger partial charge >= 0.3 is 0 Å². The van der Waals surface area contributed by atoms with Crippen LogP contribution in [-0.2, 0) is 27.2 Å². The zero-order valence-electron chi connectivity index (χ0n) is 24.8. The molecule has 1 fully saturated rings. The number of hydrogen-bond donors (Lipinski definition) is 6. The third kappa shape index (κ3) is 4.49. The fraction of sp³-hybridized carbons (Fsp3) is 0.469. The average molecular weight is 594 g/mol. The first-order valence-corrected chi connectivity index (χ1v) is 14.5. The van der Waals surface area contributed by atoms with Gasteiger partial charge in [0.2, 0.25) is 5.78 Å². The molecule has 7 N–H and O–H groups in total. The van der Waals surface area contributed by atoms with E-state index in [1.807, 2.05) is 37.2 Å². The van der Waals surface area contributed by atoms with Crippen molar-refractivity contribution in [1.29, 1.82) is 0 Å². The number of phenolic OH excluding ortho intramolecular Hbond substituents is 1. The lowest BCUT2D eigenvalue weighted by atomic mass is 9.57. The van der Waals surface area contributed by atoms with Gasteiger partial charge in [-0.15, -0.1) is 0 Å². The predicted octanol–water partition coefficient (Wildman–Crippen LogP) is 1.89. The second kappa shape index (κ2) is 11.0. The second-order valence-electron chi connectivity index (χ2n) is 12.3. The van der Waals surface area contributed by atoms with Crippen molar-refractivity contribution < 1.29 is 39.9 Å². The summed E-state index contributed by atoms with van der Waals surface area (Å²) in [6.45, 7) is 0.129. The highest BCUT2D eigenvalue weighted by Crippen LogP contribution is 2.55. The SMILES string of the molecule is CN(C)c1c2c(c(O)c3cc(CCCCCO)ccc13)C(O)=C1C(=O)[C@]3(O)C(O)=C(C(N)=O)C(=O)[C@@H](N(C)C)[C@@H]3C[C@@H]1C2. The molecule has 5 rings (SSSR count). The summed E-state index contributed by atoms with van der Waals surface area (Å²) in [4.78, 5) is 43.0. The molecule has 4 atom stereocenters. The van der Waals surface area contributed by atoms with E-state index in [0.717, 1.165) is 35.9 Å². The molecule has 1 saturated carbocycles. The van der Waals surface area contributed by atoms with Crippen LogP contribution in [0.15, 0.2) is 35.1 Å². The van der Waals surface area contributed by atoms with Crippen LogP contribution < -0.4 is 10.6 Å². The molecule has 43 heavy (non-hydrogen) atoms. The summed E-state index contributed by atoms with van der Waals surface area (Å²) >= 11 is 0. The van der Waals surface area contributed by atoms with E-state index in [-0.39, 0.29) is 36.3 Å². The van der Waals surface area contributed by atoms with Gasteiger partial charge in [0.15, 0.2) is 11.4 Å². The van der Waals surface area contributed by atoms with E-state index in [1.165, 1.54) is 4.90 Å². The number of carbonyl (C=O) groups is 3. The van der Waals surface area contributed by atoms with Crippen molar-refractivity contribution in [2.24, 2.45) is 17.6 Å². The predicted molar refractivity (Wildman–Crippen MR) is 161 cm³/mol. The molecule has 0 aliphatic heterocycles. The first kappa shape index (κ1) is 30.5. The first-order valence-electron chi connectivity index (χ1n) is 14.5. The van der Waals surface area contributed by atoms with Gasteiger partial charge < -0.3 is 36.2 Å². The molecule has 0 unspecified atom stereocenters. The van der Waals surface area contributed by atoms with E-state index >= 15 is 0 Å². The standard InChI is InChI=1S/C32H39N3O8/c1-34(2)24-17-10-9-15(8-6-5-7-11-36)12-18(17)26(37)22-19(24)13-16-14-20-25(35(3)4)28(39)23(31(33)42)30(41)32(20,43)29(40)21(16)27(22)38/h9-10,12,16,20,25,36-38,41,43H,5-8,11,13-14H2,1-4H3,(H2,33,42)/t16-,20-,25-,32-/m0/s1. The molecular formula is C32H39N3O8. The van der Waals surface area contributed by atoms with Crippen molar-refractivity contribution in [3.05, 3.63) is 51.8 Å². The van der Waals surface area contributed by atoms with Crippen molar-refractivity contribution in [2.75, 3.05) is 39.7 Å². The maximum Gasteiger partial charge on any atom is 0.255 e. The molecule has 2 aromatic carbocycles. The third-order valence-corrected chi connectivity index (χ3v) is 9.30. The number of hydrogen-bond acceptors (Lipinski definition) is 10. The highest BCUT2D eigenvalue weighted by atomic mass is 16.3. The number of anilines is 1. The van der Waals surface area contributed by atoms with Crippen LogP contribution in [0.25, 0.3) is 16.5 Å². The minimum absolute atomic E-state index is 0.0320. The van der Waals surface area contributed by atoms with Crippen molar-refractivity contribution in [3.8, 4) is 5.75 Å². The quantitative estimate of drug-likeness (QED) is 0.195. The van der Waals surface area contributed by atoms with Gasteiger partial charge in [-0.2, -0.15) is 0 Å². The molecule has 11 nitrogen and oxygen atoms in total. The largest absolute Gasteiger partial charge is 0.508 e. The van der Waals surface area contributed by atoms with Crippen LogP contribution in [0, 0.1) is 11.8 Å². The molecule has 0 spiro atoms. The summed E-state index contributed by atoms with van der Waals surface area (Å²) in [6.07, 6.45) is 3.39. The molecule has 0 heterocycles. The molecular weight excluding hydrogens is 554 g/mol. The van der Waals surface area contributed by atoms with E-state index in [9.17, 15) is 34.8 Å². The number of aliphatic hydroxyl groups is 4. The Bertz CT molecular complexity index is 1610. The van der Waals surface area contributed by atoms with Crippen LogP contribution in [0.4, 0.5) is 5.69 Å². The van der Waals surface area contributed by atoms with Crippen molar-refractivity contribution in [1.82, 2.24) is 4.90 Å². The Balaban J connectivity index is 1.72. The zero-order valence-corrected chi connectivity index (χ0v) is 24.8. The van der Waals surface area contributed by atoms with Gasteiger partial charge in [-0.25, -0.2) is 0 Å². The van der Waals surface area contributed by atoms with E-state index < -0.39 is 58.0 Å². The number of Topliss-reactive ketones (excluding diaryl/α,β-unsaturated/α-hetero) is 2. The number of unbranched alkanes of at least 4 members (excludes halogenated alkanes) is 2. The van der Waals surface area contributed by atoms with E-state index in [0.29, 0.717) is 17.4 Å². The Morgan fingerprint density at radius 1 is 1.05 bits per heavy atom. The van der Waals surface area contributed by atoms with Gasteiger partial charge in [0, 0.05) is 48.7 Å². The number of phenols is 1. The van der Waals surface area contributed by atoms with E-state index in [1.54, 1.807) is 14.1 Å². The Morgan fingerprint density at radius 2 is 1.74 bits per heavy atom. The molecule has 2 aromatic rings. The summed E-state index contributed by atoms with van der Waals surface area (Å²) in [5.41, 5.74) is 4.14. The maximum atomic E-state index is 14.2. The number of nitrogens with zero attached hydrogens (tertiary/aromatic N) is 2. The number of fused-ring (bicyclic) bond motifs is 4. The fourth-order valence-electron chi connectivity index (χ4n) is 7.42. The lowest BCUT2D eigenvalue weighted by Gasteiger charge is -2.50. The summed E-state index contributed by atoms with van der Waals surface area (Å²) in [6, 6.07) is 4.65. The number of likely N-dealkylation sites (N-methyl/N-ethyl adjacent to an activating group) is 1. The van der Waals surface area contributed by atoms with Crippen LogP contribution in [-0.4, -0.2) is 94.3 Å². The molecule has 3 aliphatic rings. The van der Waals surface area contributed by atoms with Crippen LogP contribution >= 0.6 is 0 Å². The number of rotatable bonds is 8. The summed E-state index contributed by atoms with van der Waals surface area (Å²) in [5, 5.41) is 56.6. The Hall–Kier alpha value is -3.93. The second-order valence-corrected chi connectivity index (χ2v) is 12.3. The lowest BCUT2D eigenvalue weighted by molar-refractivity contribution is -0.153. The lowest BCUT2D eigenvalue weighted by Crippen LogP contribution is -2.65. The number of benzene rings is 2.